The van der Waals surface area contributed by atoms with E-state index in [-0.39, 0.29) is 10.8 Å². The molecule has 3 nitrogen and oxygen atoms in total. The topological polar surface area (TPSA) is 29.9 Å². The van der Waals surface area contributed by atoms with Gasteiger partial charge in [0.1, 0.15) is 7.05 Å². The molecule has 0 radical (unpaired) electrons. The summed E-state index contributed by atoms with van der Waals surface area (Å²) in [7, 11) is 2.08. The average Bonchev–Trinajstić information content (AvgIpc) is 3.13. The Hall–Kier alpha value is -3.20. The largest absolute Gasteiger partial charge is 0.437 e. The van der Waals surface area contributed by atoms with E-state index in [4.69, 9.17) is 9.40 Å². The van der Waals surface area contributed by atoms with Crippen LogP contribution in [-0.2, 0) is 17.9 Å². The number of fused-ring (bicyclic) bond motifs is 6. The standard InChI is InChI=1S/C30H31N2O/c1-18-10-12-20-21-17-19-11-13-22-25(30(4,5)15-14-29(22,2)3)26(19)31-28(21)33-27(20)24(18)23-9-7-8-16-32(23)6/h7-13,16-17H,14-15H2,1-6H3/q+1. The fourth-order valence-corrected chi connectivity index (χ4v) is 5.82. The monoisotopic (exact) mass is 435 g/mol. The van der Waals surface area contributed by atoms with Crippen molar-refractivity contribution in [2.75, 3.05) is 0 Å². The second-order valence-corrected chi connectivity index (χ2v) is 11.1. The molecule has 0 saturated carbocycles. The van der Waals surface area contributed by atoms with Crippen LogP contribution in [0.5, 0.6) is 0 Å². The minimum absolute atomic E-state index is 0.0938. The molecular formula is C30H31N2O+. The molecule has 0 saturated heterocycles. The van der Waals surface area contributed by atoms with Crippen molar-refractivity contribution in [3.63, 3.8) is 0 Å². The molecule has 0 aliphatic heterocycles. The van der Waals surface area contributed by atoms with Crippen LogP contribution in [0.3, 0.4) is 0 Å². The lowest BCUT2D eigenvalue weighted by Crippen LogP contribution is -2.34. The third kappa shape index (κ3) is 2.88. The smallest absolute Gasteiger partial charge is 0.227 e. The highest BCUT2D eigenvalue weighted by molar-refractivity contribution is 6.11. The number of aryl methyl sites for hydroxylation is 2. The summed E-state index contributed by atoms with van der Waals surface area (Å²) in [6.07, 6.45) is 4.45. The van der Waals surface area contributed by atoms with Gasteiger partial charge in [0.05, 0.1) is 11.1 Å². The van der Waals surface area contributed by atoms with Gasteiger partial charge in [0.2, 0.25) is 11.4 Å². The second-order valence-electron chi connectivity index (χ2n) is 11.1. The fraction of sp³-hybridized carbons (Fsp3) is 0.333. The summed E-state index contributed by atoms with van der Waals surface area (Å²) in [4.78, 5) is 5.20. The van der Waals surface area contributed by atoms with Crippen LogP contribution in [0.2, 0.25) is 0 Å². The Balaban J connectivity index is 1.72. The molecule has 3 aromatic heterocycles. The predicted octanol–water partition coefficient (Wildman–Crippen LogP) is 7.28. The molecule has 0 fully saturated rings. The lowest BCUT2D eigenvalue weighted by Gasteiger charge is -2.42. The highest BCUT2D eigenvalue weighted by atomic mass is 16.3. The van der Waals surface area contributed by atoms with Crippen molar-refractivity contribution in [2.24, 2.45) is 7.05 Å². The first-order valence-corrected chi connectivity index (χ1v) is 11.9. The molecule has 6 rings (SSSR count). The third-order valence-corrected chi connectivity index (χ3v) is 7.90. The van der Waals surface area contributed by atoms with E-state index in [1.807, 2.05) is 0 Å². The third-order valence-electron chi connectivity index (χ3n) is 7.90. The number of furan rings is 1. The van der Waals surface area contributed by atoms with E-state index >= 15 is 0 Å². The summed E-state index contributed by atoms with van der Waals surface area (Å²) in [6.45, 7) is 11.6. The van der Waals surface area contributed by atoms with Gasteiger partial charge in [-0.25, -0.2) is 9.55 Å². The average molecular weight is 436 g/mol. The molecule has 1 aliphatic carbocycles. The number of hydrogen-bond donors (Lipinski definition) is 0. The number of rotatable bonds is 1. The quantitative estimate of drug-likeness (QED) is 0.259. The van der Waals surface area contributed by atoms with Crippen LogP contribution in [0.1, 0.15) is 57.2 Å². The van der Waals surface area contributed by atoms with Crippen LogP contribution in [-0.4, -0.2) is 4.98 Å². The summed E-state index contributed by atoms with van der Waals surface area (Å²) in [6, 6.07) is 17.6. The van der Waals surface area contributed by atoms with E-state index in [1.165, 1.54) is 34.9 Å². The zero-order valence-electron chi connectivity index (χ0n) is 20.4. The molecule has 5 aromatic rings. The Kier molecular flexibility index (Phi) is 4.12. The van der Waals surface area contributed by atoms with Gasteiger partial charge < -0.3 is 4.42 Å². The molecule has 0 spiro atoms. The van der Waals surface area contributed by atoms with E-state index in [0.29, 0.717) is 0 Å². The molecule has 0 unspecified atom stereocenters. The molecular weight excluding hydrogens is 404 g/mol. The van der Waals surface area contributed by atoms with Gasteiger partial charge in [0, 0.05) is 28.3 Å². The van der Waals surface area contributed by atoms with Gasteiger partial charge >= 0.3 is 0 Å². The summed E-state index contributed by atoms with van der Waals surface area (Å²) in [5, 5.41) is 3.41. The summed E-state index contributed by atoms with van der Waals surface area (Å²) < 4.78 is 8.72. The van der Waals surface area contributed by atoms with Gasteiger partial charge in [0.25, 0.3) is 0 Å². The first kappa shape index (κ1) is 20.4. The van der Waals surface area contributed by atoms with E-state index < -0.39 is 0 Å². The Morgan fingerprint density at radius 1 is 0.909 bits per heavy atom. The van der Waals surface area contributed by atoms with E-state index in [9.17, 15) is 0 Å². The maximum atomic E-state index is 6.57. The van der Waals surface area contributed by atoms with Crippen LogP contribution in [0.4, 0.5) is 0 Å². The van der Waals surface area contributed by atoms with Crippen molar-refractivity contribution < 1.29 is 8.98 Å². The van der Waals surface area contributed by atoms with Gasteiger partial charge in [-0.05, 0) is 59.4 Å². The number of pyridine rings is 2. The highest BCUT2D eigenvalue weighted by Gasteiger charge is 2.38. The normalized spacial score (nSPS) is 17.0. The van der Waals surface area contributed by atoms with Crippen LogP contribution in [0.25, 0.3) is 44.2 Å². The molecule has 0 bridgehead atoms. The van der Waals surface area contributed by atoms with Gasteiger partial charge in [-0.2, -0.15) is 0 Å². The number of benzene rings is 2. The molecule has 3 heterocycles. The van der Waals surface area contributed by atoms with E-state index in [2.05, 4.69) is 101 Å². The number of hydrogen-bond acceptors (Lipinski definition) is 2. The van der Waals surface area contributed by atoms with Crippen molar-refractivity contribution in [1.82, 2.24) is 4.98 Å². The zero-order chi connectivity index (χ0) is 23.1. The number of nitrogens with zero attached hydrogens (tertiary/aromatic N) is 2. The van der Waals surface area contributed by atoms with E-state index in [1.54, 1.807) is 0 Å². The maximum Gasteiger partial charge on any atom is 0.227 e. The van der Waals surface area contributed by atoms with Crippen molar-refractivity contribution in [1.29, 1.82) is 0 Å². The Morgan fingerprint density at radius 3 is 2.48 bits per heavy atom. The highest BCUT2D eigenvalue weighted by Crippen LogP contribution is 2.48. The van der Waals surface area contributed by atoms with Crippen LogP contribution < -0.4 is 4.57 Å². The fourth-order valence-electron chi connectivity index (χ4n) is 5.82. The van der Waals surface area contributed by atoms with Gasteiger partial charge in [-0.15, -0.1) is 0 Å². The van der Waals surface area contributed by atoms with E-state index in [0.717, 1.165) is 38.8 Å². The predicted molar refractivity (Wildman–Crippen MR) is 136 cm³/mol. The lowest BCUT2D eigenvalue weighted by molar-refractivity contribution is -0.660. The molecule has 0 amide bonds. The van der Waals surface area contributed by atoms with Crippen LogP contribution >= 0.6 is 0 Å². The van der Waals surface area contributed by atoms with Crippen LogP contribution in [0, 0.1) is 6.92 Å². The Bertz CT molecular complexity index is 1590. The second kappa shape index (κ2) is 6.66. The van der Waals surface area contributed by atoms with Crippen molar-refractivity contribution in [3.8, 4) is 11.3 Å². The van der Waals surface area contributed by atoms with Crippen molar-refractivity contribution in [2.45, 2.75) is 58.3 Å². The van der Waals surface area contributed by atoms with Crippen LogP contribution in [0.15, 0.2) is 59.1 Å². The summed E-state index contributed by atoms with van der Waals surface area (Å²) in [5.74, 6) is 0. The van der Waals surface area contributed by atoms with Gasteiger partial charge in [-0.3, -0.25) is 0 Å². The molecule has 33 heavy (non-hydrogen) atoms. The van der Waals surface area contributed by atoms with Crippen molar-refractivity contribution in [3.05, 3.63) is 71.4 Å². The lowest BCUT2D eigenvalue weighted by atomic mass is 9.62. The first-order chi connectivity index (χ1) is 15.7. The summed E-state index contributed by atoms with van der Waals surface area (Å²) in [5.41, 5.74) is 9.32. The molecule has 1 aliphatic rings. The van der Waals surface area contributed by atoms with Gasteiger partial charge in [0.15, 0.2) is 11.8 Å². The number of aromatic nitrogens is 2. The SMILES string of the molecule is Cc1ccc2c(oc3nc4c5c(ccc4cc32)C(C)(C)CCC5(C)C)c1-c1cccc[n+]1C. The molecule has 3 heteroatoms. The maximum absolute atomic E-state index is 6.57. The first-order valence-electron chi connectivity index (χ1n) is 11.9. The summed E-state index contributed by atoms with van der Waals surface area (Å²) >= 11 is 0. The molecule has 2 aromatic carbocycles. The zero-order valence-corrected chi connectivity index (χ0v) is 20.4. The minimum atomic E-state index is 0.0938. The van der Waals surface area contributed by atoms with Crippen molar-refractivity contribution >= 4 is 33.0 Å². The van der Waals surface area contributed by atoms with Gasteiger partial charge in [-0.1, -0.05) is 52.0 Å². The molecule has 0 atom stereocenters. The molecule has 0 N–H and O–H groups in total. The Morgan fingerprint density at radius 2 is 1.70 bits per heavy atom. The Labute approximate surface area is 195 Å². The molecule has 166 valence electrons. The minimum Gasteiger partial charge on any atom is -0.437 e.